The molecular formula is C19H30N4OS. The third-order valence-corrected chi connectivity index (χ3v) is 5.82. The molecule has 0 aliphatic carbocycles. The Balaban J connectivity index is 1.66. The summed E-state index contributed by atoms with van der Waals surface area (Å²) in [6.45, 7) is 12.1. The third kappa shape index (κ3) is 4.70. The highest BCUT2D eigenvalue weighted by Crippen LogP contribution is 2.28. The summed E-state index contributed by atoms with van der Waals surface area (Å²) in [6, 6.07) is 4.93. The minimum atomic E-state index is 0.418. The third-order valence-electron chi connectivity index (χ3n) is 4.71. The number of hydrogen-bond donors (Lipinski definition) is 1. The van der Waals surface area contributed by atoms with Crippen LogP contribution in [-0.4, -0.2) is 47.5 Å². The SMILES string of the molecule is Cc1ccc(C(CNCc2cn(C)nc2C(C)C)N2CCOCC2)s1. The van der Waals surface area contributed by atoms with E-state index in [-0.39, 0.29) is 0 Å². The van der Waals surface area contributed by atoms with Crippen LogP contribution in [0.3, 0.4) is 0 Å². The largest absolute Gasteiger partial charge is 0.379 e. The van der Waals surface area contributed by atoms with E-state index in [4.69, 9.17) is 4.74 Å². The molecule has 1 N–H and O–H groups in total. The van der Waals surface area contributed by atoms with Gasteiger partial charge >= 0.3 is 0 Å². The molecule has 1 fully saturated rings. The molecule has 0 saturated carbocycles. The molecule has 0 spiro atoms. The molecule has 3 rings (SSSR count). The topological polar surface area (TPSA) is 42.3 Å². The van der Waals surface area contributed by atoms with Crippen molar-refractivity contribution in [3.8, 4) is 0 Å². The van der Waals surface area contributed by atoms with Crippen LogP contribution >= 0.6 is 11.3 Å². The van der Waals surface area contributed by atoms with Gasteiger partial charge in [-0.15, -0.1) is 11.3 Å². The molecule has 2 aromatic heterocycles. The van der Waals surface area contributed by atoms with Crippen LogP contribution < -0.4 is 5.32 Å². The van der Waals surface area contributed by atoms with Gasteiger partial charge in [-0.25, -0.2) is 0 Å². The Kier molecular flexibility index (Phi) is 6.28. The lowest BCUT2D eigenvalue weighted by molar-refractivity contribution is 0.0168. The zero-order valence-corrected chi connectivity index (χ0v) is 16.6. The molecule has 2 aromatic rings. The monoisotopic (exact) mass is 362 g/mol. The summed E-state index contributed by atoms with van der Waals surface area (Å²) < 4.78 is 7.46. The molecule has 0 amide bonds. The standard InChI is InChI=1S/C19H30N4OS/c1-14(2)19-16(13-22(4)21-19)11-20-12-17(18-6-5-15(3)25-18)23-7-9-24-10-8-23/h5-6,13-14,17,20H,7-12H2,1-4H3. The van der Waals surface area contributed by atoms with Crippen LogP contribution in [0.15, 0.2) is 18.3 Å². The molecule has 3 heterocycles. The molecule has 1 aliphatic rings. The van der Waals surface area contributed by atoms with Crippen LogP contribution in [0.5, 0.6) is 0 Å². The summed E-state index contributed by atoms with van der Waals surface area (Å²) in [5, 5.41) is 8.30. The molecule has 1 unspecified atom stereocenters. The quantitative estimate of drug-likeness (QED) is 0.822. The first-order valence-corrected chi connectivity index (χ1v) is 9.97. The van der Waals surface area contributed by atoms with Gasteiger partial charge in [0.1, 0.15) is 0 Å². The average Bonchev–Trinajstić information content (AvgIpc) is 3.18. The lowest BCUT2D eigenvalue weighted by Gasteiger charge is -2.34. The summed E-state index contributed by atoms with van der Waals surface area (Å²) in [7, 11) is 2.00. The van der Waals surface area contributed by atoms with Crippen LogP contribution in [0.2, 0.25) is 0 Å². The van der Waals surface area contributed by atoms with Crippen molar-refractivity contribution in [1.29, 1.82) is 0 Å². The fourth-order valence-electron chi connectivity index (χ4n) is 3.45. The second-order valence-electron chi connectivity index (χ2n) is 7.11. The molecule has 0 radical (unpaired) electrons. The van der Waals surface area contributed by atoms with E-state index < -0.39 is 0 Å². The van der Waals surface area contributed by atoms with E-state index in [1.807, 2.05) is 23.1 Å². The van der Waals surface area contributed by atoms with E-state index in [0.29, 0.717) is 12.0 Å². The van der Waals surface area contributed by atoms with Crippen molar-refractivity contribution in [3.05, 3.63) is 39.3 Å². The zero-order chi connectivity index (χ0) is 17.8. The van der Waals surface area contributed by atoms with Crippen LogP contribution in [-0.2, 0) is 18.3 Å². The maximum absolute atomic E-state index is 5.54. The molecule has 6 heteroatoms. The van der Waals surface area contributed by atoms with Crippen molar-refractivity contribution in [2.45, 2.75) is 39.3 Å². The molecular weight excluding hydrogens is 332 g/mol. The number of nitrogens with one attached hydrogen (secondary N) is 1. The second-order valence-corrected chi connectivity index (χ2v) is 8.43. The zero-order valence-electron chi connectivity index (χ0n) is 15.8. The van der Waals surface area contributed by atoms with E-state index in [2.05, 4.69) is 54.4 Å². The van der Waals surface area contributed by atoms with E-state index >= 15 is 0 Å². The van der Waals surface area contributed by atoms with Crippen molar-refractivity contribution >= 4 is 11.3 Å². The highest BCUT2D eigenvalue weighted by atomic mass is 32.1. The minimum Gasteiger partial charge on any atom is -0.379 e. The Morgan fingerprint density at radius 3 is 2.68 bits per heavy atom. The lowest BCUT2D eigenvalue weighted by atomic mass is 10.1. The van der Waals surface area contributed by atoms with Crippen molar-refractivity contribution in [2.75, 3.05) is 32.8 Å². The van der Waals surface area contributed by atoms with E-state index in [1.54, 1.807) is 0 Å². The maximum Gasteiger partial charge on any atom is 0.0694 e. The normalized spacial score (nSPS) is 17.3. The summed E-state index contributed by atoms with van der Waals surface area (Å²) >= 11 is 1.91. The average molecular weight is 363 g/mol. The van der Waals surface area contributed by atoms with Gasteiger partial charge in [-0.1, -0.05) is 13.8 Å². The molecule has 138 valence electrons. The van der Waals surface area contributed by atoms with Crippen LogP contribution in [0.25, 0.3) is 0 Å². The number of aromatic nitrogens is 2. The molecule has 1 atom stereocenters. The van der Waals surface area contributed by atoms with Gasteiger partial charge in [0.25, 0.3) is 0 Å². The first-order chi connectivity index (χ1) is 12.0. The highest BCUT2D eigenvalue weighted by molar-refractivity contribution is 7.12. The van der Waals surface area contributed by atoms with Crippen LogP contribution in [0, 0.1) is 6.92 Å². The second kappa shape index (κ2) is 8.45. The lowest BCUT2D eigenvalue weighted by Crippen LogP contribution is -2.42. The summed E-state index contributed by atoms with van der Waals surface area (Å²) in [4.78, 5) is 5.37. The first kappa shape index (κ1) is 18.6. The Labute approximate surface area is 155 Å². The van der Waals surface area contributed by atoms with Crippen LogP contribution in [0.1, 0.15) is 46.8 Å². The number of rotatable bonds is 7. The van der Waals surface area contributed by atoms with E-state index in [9.17, 15) is 0 Å². The summed E-state index contributed by atoms with van der Waals surface area (Å²) in [5.74, 6) is 0.452. The summed E-state index contributed by atoms with van der Waals surface area (Å²) in [6.07, 6.45) is 2.14. The van der Waals surface area contributed by atoms with Gasteiger partial charge < -0.3 is 10.1 Å². The van der Waals surface area contributed by atoms with Crippen molar-refractivity contribution in [2.24, 2.45) is 7.05 Å². The Bertz CT molecular complexity index is 673. The molecule has 5 nitrogen and oxygen atoms in total. The van der Waals surface area contributed by atoms with Gasteiger partial charge in [0.15, 0.2) is 0 Å². The molecule has 0 aromatic carbocycles. The number of ether oxygens (including phenoxy) is 1. The molecule has 1 saturated heterocycles. The number of aryl methyl sites for hydroxylation is 2. The fourth-order valence-corrected chi connectivity index (χ4v) is 4.46. The van der Waals surface area contributed by atoms with Crippen molar-refractivity contribution in [1.82, 2.24) is 20.0 Å². The fraction of sp³-hybridized carbons (Fsp3) is 0.632. The number of nitrogens with zero attached hydrogens (tertiary/aromatic N) is 3. The predicted molar refractivity (Wildman–Crippen MR) is 103 cm³/mol. The Morgan fingerprint density at radius 1 is 1.28 bits per heavy atom. The first-order valence-electron chi connectivity index (χ1n) is 9.16. The van der Waals surface area contributed by atoms with Gasteiger partial charge in [-0.2, -0.15) is 5.10 Å². The minimum absolute atomic E-state index is 0.418. The Morgan fingerprint density at radius 2 is 2.04 bits per heavy atom. The van der Waals surface area contributed by atoms with Gasteiger partial charge in [-0.05, 0) is 25.0 Å². The van der Waals surface area contributed by atoms with Crippen molar-refractivity contribution < 1.29 is 4.74 Å². The number of thiophene rings is 1. The predicted octanol–water partition coefficient (Wildman–Crippen LogP) is 3.08. The summed E-state index contributed by atoms with van der Waals surface area (Å²) in [5.41, 5.74) is 2.51. The smallest absolute Gasteiger partial charge is 0.0694 e. The van der Waals surface area contributed by atoms with Crippen LogP contribution in [0.4, 0.5) is 0 Å². The van der Waals surface area contributed by atoms with Gasteiger partial charge in [0.2, 0.25) is 0 Å². The highest BCUT2D eigenvalue weighted by Gasteiger charge is 2.23. The van der Waals surface area contributed by atoms with E-state index in [1.165, 1.54) is 21.0 Å². The van der Waals surface area contributed by atoms with Gasteiger partial charge in [-0.3, -0.25) is 9.58 Å². The maximum atomic E-state index is 5.54. The molecule has 1 aliphatic heterocycles. The van der Waals surface area contributed by atoms with Crippen molar-refractivity contribution in [3.63, 3.8) is 0 Å². The Hall–Kier alpha value is -1.21. The number of morpholine rings is 1. The molecule has 0 bridgehead atoms. The van der Waals surface area contributed by atoms with Gasteiger partial charge in [0.05, 0.1) is 24.9 Å². The molecule has 25 heavy (non-hydrogen) atoms. The van der Waals surface area contributed by atoms with E-state index in [0.717, 1.165) is 39.4 Å². The number of hydrogen-bond acceptors (Lipinski definition) is 5. The van der Waals surface area contributed by atoms with Gasteiger partial charge in [0, 0.05) is 54.7 Å².